The number of methoxy groups -OCH3 is 3. The summed E-state index contributed by atoms with van der Waals surface area (Å²) < 4.78 is 15.9. The lowest BCUT2D eigenvalue weighted by molar-refractivity contribution is -0.124. The standard InChI is InChI=1S/C21H23ClN2O5/c1-13-20(25)24(18-11-15(22)5-6-19(18)29-4)8-7-23(13)21(26)14-9-16(27-2)12-17(10-14)28-3/h5-6,9-13H,7-8H2,1-4H3/t13-/m0/s1. The summed E-state index contributed by atoms with van der Waals surface area (Å²) in [6, 6.07) is 9.41. The number of hydrogen-bond acceptors (Lipinski definition) is 5. The number of halogens is 1. The predicted molar refractivity (Wildman–Crippen MR) is 110 cm³/mol. The highest BCUT2D eigenvalue weighted by atomic mass is 35.5. The monoisotopic (exact) mass is 418 g/mol. The number of benzene rings is 2. The van der Waals surface area contributed by atoms with Gasteiger partial charge < -0.3 is 24.0 Å². The zero-order valence-corrected chi connectivity index (χ0v) is 17.5. The Morgan fingerprint density at radius 1 is 1.00 bits per heavy atom. The van der Waals surface area contributed by atoms with E-state index in [2.05, 4.69) is 0 Å². The molecule has 0 aliphatic carbocycles. The summed E-state index contributed by atoms with van der Waals surface area (Å²) in [5.41, 5.74) is 0.988. The molecule has 2 aromatic rings. The van der Waals surface area contributed by atoms with Crippen LogP contribution in [-0.2, 0) is 4.79 Å². The van der Waals surface area contributed by atoms with Crippen LogP contribution in [0.1, 0.15) is 17.3 Å². The number of anilines is 1. The van der Waals surface area contributed by atoms with E-state index >= 15 is 0 Å². The zero-order chi connectivity index (χ0) is 21.1. The van der Waals surface area contributed by atoms with E-state index in [4.69, 9.17) is 25.8 Å². The fraction of sp³-hybridized carbons (Fsp3) is 0.333. The summed E-state index contributed by atoms with van der Waals surface area (Å²) in [5.74, 6) is 1.09. The molecule has 0 unspecified atom stereocenters. The van der Waals surface area contributed by atoms with Crippen LogP contribution in [0.4, 0.5) is 5.69 Å². The molecule has 2 amide bonds. The molecule has 0 spiro atoms. The van der Waals surface area contributed by atoms with Crippen LogP contribution in [0.5, 0.6) is 17.2 Å². The van der Waals surface area contributed by atoms with Gasteiger partial charge in [0.15, 0.2) is 0 Å². The third-order valence-corrected chi connectivity index (χ3v) is 5.18. The SMILES string of the molecule is COc1cc(OC)cc(C(=O)N2CCN(c3cc(Cl)ccc3OC)C(=O)[C@@H]2C)c1. The Morgan fingerprint density at radius 3 is 2.24 bits per heavy atom. The second-order valence-corrected chi connectivity index (χ2v) is 7.02. The Labute approximate surface area is 174 Å². The summed E-state index contributed by atoms with van der Waals surface area (Å²) in [4.78, 5) is 29.3. The molecule has 1 fully saturated rings. The molecule has 0 radical (unpaired) electrons. The number of carbonyl (C=O) groups excluding carboxylic acids is 2. The minimum absolute atomic E-state index is 0.208. The lowest BCUT2D eigenvalue weighted by atomic mass is 10.1. The largest absolute Gasteiger partial charge is 0.497 e. The number of carbonyl (C=O) groups is 2. The fourth-order valence-electron chi connectivity index (χ4n) is 3.36. The Kier molecular flexibility index (Phi) is 6.17. The van der Waals surface area contributed by atoms with Crippen LogP contribution in [0.25, 0.3) is 0 Å². The molecule has 1 aliphatic heterocycles. The summed E-state index contributed by atoms with van der Waals surface area (Å²) in [7, 11) is 4.58. The minimum Gasteiger partial charge on any atom is -0.497 e. The molecule has 0 bridgehead atoms. The van der Waals surface area contributed by atoms with Gasteiger partial charge in [-0.25, -0.2) is 0 Å². The van der Waals surface area contributed by atoms with Crippen molar-refractivity contribution in [1.82, 2.24) is 4.90 Å². The predicted octanol–water partition coefficient (Wildman–Crippen LogP) is 3.24. The van der Waals surface area contributed by atoms with Gasteiger partial charge in [0.05, 0.1) is 27.0 Å². The molecule has 1 heterocycles. The molecule has 8 heteroatoms. The summed E-state index contributed by atoms with van der Waals surface area (Å²) in [5, 5.41) is 0.503. The van der Waals surface area contributed by atoms with E-state index in [0.29, 0.717) is 46.6 Å². The number of piperazine rings is 1. The lowest BCUT2D eigenvalue weighted by Gasteiger charge is -2.39. The Morgan fingerprint density at radius 2 is 1.66 bits per heavy atom. The van der Waals surface area contributed by atoms with Gasteiger partial charge in [0.1, 0.15) is 23.3 Å². The Balaban J connectivity index is 1.87. The molecule has 29 heavy (non-hydrogen) atoms. The first kappa shape index (κ1) is 20.8. The van der Waals surface area contributed by atoms with Crippen LogP contribution in [0.3, 0.4) is 0 Å². The van der Waals surface area contributed by atoms with Crippen LogP contribution in [0, 0.1) is 0 Å². The molecule has 0 N–H and O–H groups in total. The summed E-state index contributed by atoms with van der Waals surface area (Å²) >= 11 is 6.11. The minimum atomic E-state index is -0.655. The molecular formula is C21H23ClN2O5. The molecule has 154 valence electrons. The van der Waals surface area contributed by atoms with Crippen LogP contribution >= 0.6 is 11.6 Å². The van der Waals surface area contributed by atoms with Crippen LogP contribution < -0.4 is 19.1 Å². The van der Waals surface area contributed by atoms with Crippen LogP contribution in [-0.4, -0.2) is 57.2 Å². The third-order valence-electron chi connectivity index (χ3n) is 4.95. The van der Waals surface area contributed by atoms with Crippen LogP contribution in [0.2, 0.25) is 5.02 Å². The Bertz CT molecular complexity index is 911. The molecular weight excluding hydrogens is 396 g/mol. The normalized spacial score (nSPS) is 16.6. The van der Waals surface area contributed by atoms with Crippen molar-refractivity contribution in [1.29, 1.82) is 0 Å². The molecule has 3 rings (SSSR count). The van der Waals surface area contributed by atoms with Gasteiger partial charge in [0.25, 0.3) is 5.91 Å². The Hall–Kier alpha value is -2.93. The molecule has 0 saturated carbocycles. The molecule has 2 aromatic carbocycles. The molecule has 1 aliphatic rings. The second-order valence-electron chi connectivity index (χ2n) is 6.58. The van der Waals surface area contributed by atoms with Crippen molar-refractivity contribution >= 4 is 29.1 Å². The lowest BCUT2D eigenvalue weighted by Crippen LogP contribution is -2.57. The van der Waals surface area contributed by atoms with Crippen LogP contribution in [0.15, 0.2) is 36.4 Å². The van der Waals surface area contributed by atoms with Crippen molar-refractivity contribution in [2.24, 2.45) is 0 Å². The number of ether oxygens (including phenoxy) is 3. The topological polar surface area (TPSA) is 68.3 Å². The van der Waals surface area contributed by atoms with E-state index in [-0.39, 0.29) is 11.8 Å². The highest BCUT2D eigenvalue weighted by Crippen LogP contribution is 2.33. The maximum atomic E-state index is 13.1. The van der Waals surface area contributed by atoms with E-state index in [1.54, 1.807) is 53.1 Å². The molecule has 1 saturated heterocycles. The molecule has 0 aromatic heterocycles. The number of nitrogens with zero attached hydrogens (tertiary/aromatic N) is 2. The number of hydrogen-bond donors (Lipinski definition) is 0. The smallest absolute Gasteiger partial charge is 0.254 e. The van der Waals surface area contributed by atoms with Crippen molar-refractivity contribution in [3.05, 3.63) is 47.0 Å². The van der Waals surface area contributed by atoms with Gasteiger partial charge in [-0.1, -0.05) is 11.6 Å². The van der Waals surface area contributed by atoms with E-state index in [1.807, 2.05) is 0 Å². The van der Waals surface area contributed by atoms with Crippen molar-refractivity contribution in [3.63, 3.8) is 0 Å². The summed E-state index contributed by atoms with van der Waals surface area (Å²) in [6.45, 7) is 2.40. The van der Waals surface area contributed by atoms with E-state index < -0.39 is 6.04 Å². The third kappa shape index (κ3) is 4.10. The number of amides is 2. The van der Waals surface area contributed by atoms with Crippen molar-refractivity contribution in [2.75, 3.05) is 39.3 Å². The van der Waals surface area contributed by atoms with Crippen molar-refractivity contribution in [2.45, 2.75) is 13.0 Å². The van der Waals surface area contributed by atoms with E-state index in [9.17, 15) is 9.59 Å². The van der Waals surface area contributed by atoms with Gasteiger partial charge in [-0.3, -0.25) is 9.59 Å². The average molecular weight is 419 g/mol. The van der Waals surface area contributed by atoms with E-state index in [1.165, 1.54) is 21.3 Å². The van der Waals surface area contributed by atoms with E-state index in [0.717, 1.165) is 0 Å². The maximum absolute atomic E-state index is 13.1. The molecule has 7 nitrogen and oxygen atoms in total. The fourth-order valence-corrected chi connectivity index (χ4v) is 3.52. The van der Waals surface area contributed by atoms with Gasteiger partial charge in [0, 0.05) is 29.7 Å². The number of rotatable bonds is 5. The first-order valence-corrected chi connectivity index (χ1v) is 9.46. The zero-order valence-electron chi connectivity index (χ0n) is 16.8. The van der Waals surface area contributed by atoms with Gasteiger partial charge in [-0.05, 0) is 37.3 Å². The quantitative estimate of drug-likeness (QED) is 0.745. The van der Waals surface area contributed by atoms with Gasteiger partial charge in [0.2, 0.25) is 5.91 Å². The maximum Gasteiger partial charge on any atom is 0.254 e. The molecule has 1 atom stereocenters. The second kappa shape index (κ2) is 8.61. The first-order chi connectivity index (χ1) is 13.9. The highest BCUT2D eigenvalue weighted by Gasteiger charge is 2.36. The van der Waals surface area contributed by atoms with Gasteiger partial charge in [-0.15, -0.1) is 0 Å². The van der Waals surface area contributed by atoms with Gasteiger partial charge >= 0.3 is 0 Å². The van der Waals surface area contributed by atoms with Crippen molar-refractivity contribution < 1.29 is 23.8 Å². The van der Waals surface area contributed by atoms with Gasteiger partial charge in [-0.2, -0.15) is 0 Å². The first-order valence-electron chi connectivity index (χ1n) is 9.08. The highest BCUT2D eigenvalue weighted by molar-refractivity contribution is 6.31. The average Bonchev–Trinajstić information content (AvgIpc) is 2.74. The summed E-state index contributed by atoms with van der Waals surface area (Å²) in [6.07, 6.45) is 0. The van der Waals surface area contributed by atoms with Crippen molar-refractivity contribution in [3.8, 4) is 17.2 Å².